The standard InChI is InChI=1S/C20H24N4OS/c1-14(20(25)18-11-21-19-6-4-3-5-17(18)19)24-9-7-23(8-10-24)12-16-13-26-15(2)22-16/h3-6,11,13-14,21H,7-10,12H2,1-2H3. The van der Waals surface area contributed by atoms with E-state index < -0.39 is 0 Å². The van der Waals surface area contributed by atoms with Crippen molar-refractivity contribution >= 4 is 28.0 Å². The van der Waals surface area contributed by atoms with Gasteiger partial charge >= 0.3 is 0 Å². The fraction of sp³-hybridized carbons (Fsp3) is 0.400. The van der Waals surface area contributed by atoms with Gasteiger partial charge in [0.25, 0.3) is 0 Å². The highest BCUT2D eigenvalue weighted by molar-refractivity contribution is 7.09. The summed E-state index contributed by atoms with van der Waals surface area (Å²) in [7, 11) is 0. The number of nitrogens with one attached hydrogen (secondary N) is 1. The Hall–Kier alpha value is -2.02. The van der Waals surface area contributed by atoms with Crippen molar-refractivity contribution in [2.45, 2.75) is 26.4 Å². The van der Waals surface area contributed by atoms with E-state index in [0.29, 0.717) is 0 Å². The van der Waals surface area contributed by atoms with Crippen LogP contribution >= 0.6 is 11.3 Å². The van der Waals surface area contributed by atoms with E-state index in [9.17, 15) is 4.79 Å². The molecule has 2 aromatic heterocycles. The molecule has 0 bridgehead atoms. The predicted molar refractivity (Wildman–Crippen MR) is 106 cm³/mol. The first-order chi connectivity index (χ1) is 12.6. The molecular formula is C20H24N4OS. The second-order valence-electron chi connectivity index (χ2n) is 6.96. The van der Waals surface area contributed by atoms with Crippen molar-refractivity contribution in [1.82, 2.24) is 19.8 Å². The van der Waals surface area contributed by atoms with Crippen molar-refractivity contribution in [1.29, 1.82) is 0 Å². The first-order valence-electron chi connectivity index (χ1n) is 9.09. The summed E-state index contributed by atoms with van der Waals surface area (Å²) >= 11 is 1.71. The summed E-state index contributed by atoms with van der Waals surface area (Å²) in [6, 6.07) is 7.89. The molecule has 0 amide bonds. The Morgan fingerprint density at radius 1 is 1.27 bits per heavy atom. The highest BCUT2D eigenvalue weighted by Gasteiger charge is 2.27. The van der Waals surface area contributed by atoms with Crippen LogP contribution < -0.4 is 0 Å². The largest absolute Gasteiger partial charge is 0.360 e. The number of carbonyl (C=O) groups excluding carboxylic acids is 1. The molecule has 3 aromatic rings. The van der Waals surface area contributed by atoms with Crippen molar-refractivity contribution in [3.8, 4) is 0 Å². The fourth-order valence-corrected chi connectivity index (χ4v) is 4.29. The van der Waals surface area contributed by atoms with E-state index in [-0.39, 0.29) is 11.8 Å². The van der Waals surface area contributed by atoms with Crippen LogP contribution in [0.5, 0.6) is 0 Å². The maximum atomic E-state index is 13.0. The number of aromatic nitrogens is 2. The molecule has 1 atom stereocenters. The van der Waals surface area contributed by atoms with Gasteiger partial charge in [0.1, 0.15) is 0 Å². The van der Waals surface area contributed by atoms with E-state index in [1.807, 2.05) is 44.3 Å². The van der Waals surface area contributed by atoms with Gasteiger partial charge in [-0.25, -0.2) is 4.98 Å². The second-order valence-corrected chi connectivity index (χ2v) is 8.02. The molecule has 0 aliphatic carbocycles. The maximum Gasteiger partial charge on any atom is 0.181 e. The van der Waals surface area contributed by atoms with E-state index in [4.69, 9.17) is 0 Å². The normalized spacial score (nSPS) is 17.6. The molecule has 5 nitrogen and oxygen atoms in total. The van der Waals surface area contributed by atoms with Gasteiger partial charge in [-0.15, -0.1) is 11.3 Å². The van der Waals surface area contributed by atoms with E-state index in [1.54, 1.807) is 11.3 Å². The van der Waals surface area contributed by atoms with Gasteiger partial charge in [0.2, 0.25) is 0 Å². The molecule has 0 radical (unpaired) electrons. The van der Waals surface area contributed by atoms with Gasteiger partial charge in [-0.2, -0.15) is 0 Å². The number of thiazole rings is 1. The number of para-hydroxylation sites is 1. The number of Topliss-reactive ketones (excluding diaryl/α,β-unsaturated/α-hetero) is 1. The molecule has 26 heavy (non-hydrogen) atoms. The van der Waals surface area contributed by atoms with Crippen LogP contribution in [-0.4, -0.2) is 57.8 Å². The lowest BCUT2D eigenvalue weighted by molar-refractivity contribution is 0.0686. The van der Waals surface area contributed by atoms with Crippen molar-refractivity contribution < 1.29 is 4.79 Å². The zero-order valence-corrected chi connectivity index (χ0v) is 16.1. The third-order valence-electron chi connectivity index (χ3n) is 5.24. The highest BCUT2D eigenvalue weighted by Crippen LogP contribution is 2.21. The predicted octanol–water partition coefficient (Wildman–Crippen LogP) is 3.32. The van der Waals surface area contributed by atoms with Crippen molar-refractivity contribution in [3.05, 3.63) is 52.1 Å². The third kappa shape index (κ3) is 3.45. The minimum absolute atomic E-state index is 0.0992. The summed E-state index contributed by atoms with van der Waals surface area (Å²) in [4.78, 5) is 25.5. The molecule has 3 heterocycles. The van der Waals surface area contributed by atoms with Crippen LogP contribution in [0.3, 0.4) is 0 Å². The number of hydrogen-bond acceptors (Lipinski definition) is 5. The van der Waals surface area contributed by atoms with E-state index in [0.717, 1.165) is 59.9 Å². The maximum absolute atomic E-state index is 13.0. The number of rotatable bonds is 5. The average molecular weight is 369 g/mol. The topological polar surface area (TPSA) is 52.2 Å². The van der Waals surface area contributed by atoms with Crippen molar-refractivity contribution in [2.75, 3.05) is 26.2 Å². The zero-order chi connectivity index (χ0) is 18.1. The molecule has 1 unspecified atom stereocenters. The number of nitrogens with zero attached hydrogens (tertiary/aromatic N) is 3. The van der Waals surface area contributed by atoms with Gasteiger partial charge in [-0.1, -0.05) is 18.2 Å². The Kier molecular flexibility index (Phi) is 4.89. The Bertz CT molecular complexity index is 907. The van der Waals surface area contributed by atoms with Crippen LogP contribution in [0.25, 0.3) is 10.9 Å². The zero-order valence-electron chi connectivity index (χ0n) is 15.2. The molecule has 0 saturated carbocycles. The first-order valence-corrected chi connectivity index (χ1v) is 9.97. The van der Waals surface area contributed by atoms with Crippen LogP contribution in [0, 0.1) is 6.92 Å². The molecule has 1 aliphatic rings. The summed E-state index contributed by atoms with van der Waals surface area (Å²) in [6.45, 7) is 8.76. The van der Waals surface area contributed by atoms with Gasteiger partial charge < -0.3 is 4.98 Å². The Labute approximate surface area is 157 Å². The highest BCUT2D eigenvalue weighted by atomic mass is 32.1. The molecule has 1 aliphatic heterocycles. The molecule has 6 heteroatoms. The molecular weight excluding hydrogens is 344 g/mol. The number of hydrogen-bond donors (Lipinski definition) is 1. The molecule has 1 aromatic carbocycles. The number of benzene rings is 1. The molecule has 1 N–H and O–H groups in total. The molecule has 1 saturated heterocycles. The van der Waals surface area contributed by atoms with Crippen LogP contribution in [0.2, 0.25) is 0 Å². The number of piperazine rings is 1. The van der Waals surface area contributed by atoms with Crippen LogP contribution in [0.1, 0.15) is 28.0 Å². The lowest BCUT2D eigenvalue weighted by Crippen LogP contribution is -2.51. The number of H-pyrrole nitrogens is 1. The number of fused-ring (bicyclic) bond motifs is 1. The number of aryl methyl sites for hydroxylation is 1. The fourth-order valence-electron chi connectivity index (χ4n) is 3.68. The number of ketones is 1. The quantitative estimate of drug-likeness (QED) is 0.702. The summed E-state index contributed by atoms with van der Waals surface area (Å²) in [5, 5.41) is 4.28. The van der Waals surface area contributed by atoms with Gasteiger partial charge in [-0.05, 0) is 19.9 Å². The lowest BCUT2D eigenvalue weighted by atomic mass is 10.0. The minimum atomic E-state index is -0.0992. The minimum Gasteiger partial charge on any atom is -0.360 e. The van der Waals surface area contributed by atoms with E-state index >= 15 is 0 Å². The smallest absolute Gasteiger partial charge is 0.181 e. The number of carbonyl (C=O) groups is 1. The summed E-state index contributed by atoms with van der Waals surface area (Å²) in [5.74, 6) is 0.200. The monoisotopic (exact) mass is 368 g/mol. The molecule has 1 fully saturated rings. The third-order valence-corrected chi connectivity index (χ3v) is 6.06. The summed E-state index contributed by atoms with van der Waals surface area (Å²) < 4.78 is 0. The van der Waals surface area contributed by atoms with Crippen LogP contribution in [-0.2, 0) is 6.54 Å². The molecule has 0 spiro atoms. The van der Waals surface area contributed by atoms with Crippen molar-refractivity contribution in [3.63, 3.8) is 0 Å². The van der Waals surface area contributed by atoms with Crippen LogP contribution in [0.4, 0.5) is 0 Å². The van der Waals surface area contributed by atoms with Gasteiger partial charge in [-0.3, -0.25) is 14.6 Å². The Morgan fingerprint density at radius 2 is 2.04 bits per heavy atom. The van der Waals surface area contributed by atoms with Gasteiger partial charge in [0, 0.05) is 60.8 Å². The summed E-state index contributed by atoms with van der Waals surface area (Å²) in [5.41, 5.74) is 2.98. The number of aromatic amines is 1. The average Bonchev–Trinajstić information content (AvgIpc) is 3.27. The SMILES string of the molecule is Cc1nc(CN2CCN(C(C)C(=O)c3c[nH]c4ccccc34)CC2)cs1. The van der Waals surface area contributed by atoms with Crippen molar-refractivity contribution in [2.24, 2.45) is 0 Å². The Morgan fingerprint density at radius 3 is 2.77 bits per heavy atom. The lowest BCUT2D eigenvalue weighted by Gasteiger charge is -2.37. The Balaban J connectivity index is 1.38. The van der Waals surface area contributed by atoms with E-state index in [1.165, 1.54) is 0 Å². The van der Waals surface area contributed by atoms with Gasteiger partial charge in [0.15, 0.2) is 5.78 Å². The summed E-state index contributed by atoms with van der Waals surface area (Å²) in [6.07, 6.45) is 1.85. The van der Waals surface area contributed by atoms with E-state index in [2.05, 4.69) is 25.1 Å². The van der Waals surface area contributed by atoms with Gasteiger partial charge in [0.05, 0.1) is 16.7 Å². The first kappa shape index (κ1) is 17.4. The molecule has 4 rings (SSSR count). The molecule has 136 valence electrons. The second kappa shape index (κ2) is 7.31. The van der Waals surface area contributed by atoms with Crippen LogP contribution in [0.15, 0.2) is 35.8 Å².